The number of carboxylic acid groups (broad SMARTS) is 2. The van der Waals surface area contributed by atoms with E-state index in [9.17, 15) is 19.8 Å². The second kappa shape index (κ2) is 13.5. The van der Waals surface area contributed by atoms with Crippen LogP contribution in [0, 0.1) is 5.92 Å². The Morgan fingerprint density at radius 2 is 1.85 bits per heavy atom. The summed E-state index contributed by atoms with van der Waals surface area (Å²) in [7, 11) is 0. The molecular weight excluding hydrogens is 534 g/mol. The van der Waals surface area contributed by atoms with Crippen LogP contribution in [0.5, 0.6) is 5.75 Å². The van der Waals surface area contributed by atoms with Gasteiger partial charge in [0.25, 0.3) is 0 Å². The SMILES string of the molecule is CCC(CSC(CCc1ccccc1C(=O)O)c1cccc(OCc2ccc3ccc(Cl)cc3n2)c1)C(=O)[O-]. The number of carbonyl (C=O) groups is 2. The first-order valence-corrected chi connectivity index (χ1v) is 14.2. The number of halogens is 1. The fourth-order valence-corrected chi connectivity index (χ4v) is 5.97. The number of aliphatic carboxylic acids is 1. The number of fused-ring (bicyclic) bond motifs is 1. The molecule has 2 atom stereocenters. The molecule has 0 saturated heterocycles. The van der Waals surface area contributed by atoms with Crippen molar-refractivity contribution in [1.82, 2.24) is 4.98 Å². The zero-order chi connectivity index (χ0) is 27.8. The van der Waals surface area contributed by atoms with Gasteiger partial charge in [-0.15, -0.1) is 0 Å². The van der Waals surface area contributed by atoms with Crippen LogP contribution in [0.2, 0.25) is 5.02 Å². The standard InChI is InChI=1S/C31H30ClNO5S/c1-2-20(30(34)35)19-39-29(15-12-21-6-3-4-9-27(21)31(36)37)23-7-5-8-26(16-23)38-18-25-14-11-22-10-13-24(32)17-28(22)33-25/h3-11,13-14,16-17,20,29H,2,12,15,18-19H2,1H3,(H,34,35)(H,36,37)/p-1. The molecule has 0 aliphatic heterocycles. The topological polar surface area (TPSA) is 99.6 Å². The van der Waals surface area contributed by atoms with Crippen molar-refractivity contribution in [3.63, 3.8) is 0 Å². The van der Waals surface area contributed by atoms with Crippen molar-refractivity contribution in [3.8, 4) is 5.75 Å². The van der Waals surface area contributed by atoms with Gasteiger partial charge in [-0.2, -0.15) is 11.8 Å². The van der Waals surface area contributed by atoms with Gasteiger partial charge in [-0.3, -0.25) is 0 Å². The fraction of sp³-hybridized carbons (Fsp3) is 0.258. The van der Waals surface area contributed by atoms with Gasteiger partial charge in [-0.05, 0) is 66.8 Å². The van der Waals surface area contributed by atoms with Crippen molar-refractivity contribution in [1.29, 1.82) is 0 Å². The fourth-order valence-electron chi connectivity index (χ4n) is 4.34. The minimum atomic E-state index is -1.05. The number of ether oxygens (including phenoxy) is 1. The predicted molar refractivity (Wildman–Crippen MR) is 153 cm³/mol. The molecule has 4 rings (SSSR count). The number of pyridine rings is 1. The lowest BCUT2D eigenvalue weighted by molar-refractivity contribution is -0.310. The van der Waals surface area contributed by atoms with E-state index in [0.717, 1.165) is 27.7 Å². The van der Waals surface area contributed by atoms with Crippen LogP contribution in [0.3, 0.4) is 0 Å². The van der Waals surface area contributed by atoms with Crippen LogP contribution < -0.4 is 9.84 Å². The van der Waals surface area contributed by atoms with E-state index in [1.807, 2.05) is 73.7 Å². The summed E-state index contributed by atoms with van der Waals surface area (Å²) in [6, 6.07) is 24.2. The lowest BCUT2D eigenvalue weighted by Crippen LogP contribution is -2.32. The van der Waals surface area contributed by atoms with E-state index in [1.54, 1.807) is 23.9 Å². The molecule has 1 heterocycles. The van der Waals surface area contributed by atoms with Crippen LogP contribution in [0.15, 0.2) is 78.9 Å². The Balaban J connectivity index is 1.51. The lowest BCUT2D eigenvalue weighted by atomic mass is 9.99. The maximum Gasteiger partial charge on any atom is 0.335 e. The van der Waals surface area contributed by atoms with Gasteiger partial charge in [-0.25, -0.2) is 9.78 Å². The Hall–Kier alpha value is -3.55. The van der Waals surface area contributed by atoms with E-state index < -0.39 is 17.9 Å². The van der Waals surface area contributed by atoms with Crippen molar-refractivity contribution in [2.45, 2.75) is 38.0 Å². The molecule has 0 fully saturated rings. The number of aromatic nitrogens is 1. The zero-order valence-corrected chi connectivity index (χ0v) is 23.1. The molecule has 3 aromatic carbocycles. The number of aromatic carboxylic acids is 1. The average molecular weight is 563 g/mol. The monoisotopic (exact) mass is 562 g/mol. The van der Waals surface area contributed by atoms with Gasteiger partial charge in [0.15, 0.2) is 0 Å². The summed E-state index contributed by atoms with van der Waals surface area (Å²) in [5.74, 6) is -1.50. The quantitative estimate of drug-likeness (QED) is 0.203. The highest BCUT2D eigenvalue weighted by molar-refractivity contribution is 7.99. The average Bonchev–Trinajstić information content (AvgIpc) is 2.93. The Labute approximate surface area is 237 Å². The highest BCUT2D eigenvalue weighted by atomic mass is 35.5. The molecule has 202 valence electrons. The number of hydrogen-bond acceptors (Lipinski definition) is 6. The number of nitrogens with zero attached hydrogens (tertiary/aromatic N) is 1. The number of aryl methyl sites for hydroxylation is 1. The van der Waals surface area contributed by atoms with Crippen molar-refractivity contribution in [2.24, 2.45) is 5.92 Å². The normalized spacial score (nSPS) is 12.7. The molecule has 2 unspecified atom stereocenters. The number of carboxylic acids is 2. The minimum Gasteiger partial charge on any atom is -0.550 e. The summed E-state index contributed by atoms with van der Waals surface area (Å²) in [6.07, 6.45) is 1.66. The van der Waals surface area contributed by atoms with E-state index in [-0.39, 0.29) is 17.4 Å². The van der Waals surface area contributed by atoms with Crippen molar-refractivity contribution in [3.05, 3.63) is 106 Å². The number of thioether (sulfide) groups is 1. The van der Waals surface area contributed by atoms with Crippen LogP contribution in [0.1, 0.15) is 52.2 Å². The van der Waals surface area contributed by atoms with Crippen molar-refractivity contribution in [2.75, 3.05) is 5.75 Å². The molecule has 1 N–H and O–H groups in total. The molecule has 0 radical (unpaired) electrons. The molecule has 8 heteroatoms. The molecule has 0 amide bonds. The molecule has 0 bridgehead atoms. The second-order valence-corrected chi connectivity index (χ2v) is 10.9. The van der Waals surface area contributed by atoms with Crippen molar-refractivity contribution >= 4 is 46.2 Å². The van der Waals surface area contributed by atoms with Gasteiger partial charge < -0.3 is 19.7 Å². The molecule has 39 heavy (non-hydrogen) atoms. The summed E-state index contributed by atoms with van der Waals surface area (Å²) in [6.45, 7) is 2.11. The van der Waals surface area contributed by atoms with Crippen molar-refractivity contribution < 1.29 is 24.5 Å². The molecule has 6 nitrogen and oxygen atoms in total. The third kappa shape index (κ3) is 7.74. The first kappa shape index (κ1) is 28.5. The molecule has 0 aliphatic carbocycles. The number of hydrogen-bond donors (Lipinski definition) is 1. The van der Waals surface area contributed by atoms with Gasteiger partial charge in [0.1, 0.15) is 12.4 Å². The Morgan fingerprint density at radius 3 is 2.62 bits per heavy atom. The van der Waals surface area contributed by atoms with E-state index in [0.29, 0.717) is 35.8 Å². The van der Waals surface area contributed by atoms with E-state index in [2.05, 4.69) is 4.98 Å². The minimum absolute atomic E-state index is 0.0651. The van der Waals surface area contributed by atoms with Crippen LogP contribution in [-0.2, 0) is 17.8 Å². The van der Waals surface area contributed by atoms with Gasteiger partial charge >= 0.3 is 5.97 Å². The third-order valence-electron chi connectivity index (χ3n) is 6.58. The lowest BCUT2D eigenvalue weighted by Gasteiger charge is -2.22. The van der Waals surface area contributed by atoms with Crippen LogP contribution in [0.25, 0.3) is 10.9 Å². The predicted octanol–water partition coefficient (Wildman–Crippen LogP) is 6.35. The molecule has 0 spiro atoms. The largest absolute Gasteiger partial charge is 0.550 e. The van der Waals surface area contributed by atoms with E-state index in [1.165, 1.54) is 0 Å². The van der Waals surface area contributed by atoms with Crippen LogP contribution in [0.4, 0.5) is 0 Å². The molecule has 4 aromatic rings. The third-order valence-corrected chi connectivity index (χ3v) is 8.32. The summed E-state index contributed by atoms with van der Waals surface area (Å²) >= 11 is 7.66. The Morgan fingerprint density at radius 1 is 1.05 bits per heavy atom. The molecular formula is C31H29ClNO5S-. The van der Waals surface area contributed by atoms with Crippen LogP contribution >= 0.6 is 23.4 Å². The maximum absolute atomic E-state index is 11.7. The highest BCUT2D eigenvalue weighted by Gasteiger charge is 2.18. The zero-order valence-electron chi connectivity index (χ0n) is 21.5. The Bertz CT molecular complexity index is 1460. The summed E-state index contributed by atoms with van der Waals surface area (Å²) < 4.78 is 6.07. The van der Waals surface area contributed by atoms with Gasteiger partial charge in [0.2, 0.25) is 0 Å². The smallest absolute Gasteiger partial charge is 0.335 e. The summed E-state index contributed by atoms with van der Waals surface area (Å²) in [5, 5.41) is 22.7. The first-order valence-electron chi connectivity index (χ1n) is 12.8. The second-order valence-electron chi connectivity index (χ2n) is 9.25. The van der Waals surface area contributed by atoms with Crippen LogP contribution in [-0.4, -0.2) is 27.8 Å². The summed E-state index contributed by atoms with van der Waals surface area (Å²) in [5.41, 5.74) is 3.58. The summed E-state index contributed by atoms with van der Waals surface area (Å²) in [4.78, 5) is 27.9. The first-order chi connectivity index (χ1) is 18.8. The maximum atomic E-state index is 11.7. The van der Waals surface area contributed by atoms with E-state index in [4.69, 9.17) is 16.3 Å². The molecule has 0 saturated carbocycles. The Kier molecular flexibility index (Phi) is 9.85. The highest BCUT2D eigenvalue weighted by Crippen LogP contribution is 2.37. The number of carbonyl (C=O) groups excluding carboxylic acids is 1. The molecule has 0 aliphatic rings. The van der Waals surface area contributed by atoms with E-state index >= 15 is 0 Å². The molecule has 1 aromatic heterocycles. The number of benzene rings is 3. The van der Waals surface area contributed by atoms with Gasteiger partial charge in [0, 0.05) is 33.3 Å². The van der Waals surface area contributed by atoms with Gasteiger partial charge in [0.05, 0.1) is 16.8 Å². The number of rotatable bonds is 13. The van der Waals surface area contributed by atoms with Gasteiger partial charge in [-0.1, -0.05) is 61.0 Å².